The average molecular weight is 262 g/mol. The normalized spacial score (nSPS) is 14.3. The highest BCUT2D eigenvalue weighted by Crippen LogP contribution is 2.28. The van der Waals surface area contributed by atoms with Crippen LogP contribution >= 0.6 is 0 Å². The molecule has 1 heterocycles. The standard InChI is InChI=1S/C14H18N2O3/c1-8-4-3-5-11-13(8)10(6-16-11)14(19)12(18)7-15-9(2)17/h3-6,12,14,16,18-19H,7H2,1-2H3,(H,15,17). The molecular weight excluding hydrogens is 244 g/mol. The first-order valence-electron chi connectivity index (χ1n) is 6.18. The third-order valence-electron chi connectivity index (χ3n) is 3.19. The number of hydrogen-bond donors (Lipinski definition) is 4. The Balaban J connectivity index is 2.26. The van der Waals surface area contributed by atoms with E-state index in [1.807, 2.05) is 25.1 Å². The molecular formula is C14H18N2O3. The Labute approximate surface area is 111 Å². The topological polar surface area (TPSA) is 85.3 Å². The van der Waals surface area contributed by atoms with Crippen LogP contribution in [0.4, 0.5) is 0 Å². The van der Waals surface area contributed by atoms with Gasteiger partial charge in [-0.2, -0.15) is 0 Å². The number of H-pyrrole nitrogens is 1. The summed E-state index contributed by atoms with van der Waals surface area (Å²) in [7, 11) is 0. The van der Waals surface area contributed by atoms with Crippen molar-refractivity contribution in [3.63, 3.8) is 0 Å². The van der Waals surface area contributed by atoms with Gasteiger partial charge in [0.05, 0.1) is 0 Å². The number of benzene rings is 1. The Hall–Kier alpha value is -1.85. The van der Waals surface area contributed by atoms with E-state index in [1.54, 1.807) is 6.20 Å². The summed E-state index contributed by atoms with van der Waals surface area (Å²) in [6.07, 6.45) is -0.386. The fraction of sp³-hybridized carbons (Fsp3) is 0.357. The Morgan fingerprint density at radius 2 is 2.16 bits per heavy atom. The second-order valence-corrected chi connectivity index (χ2v) is 4.69. The van der Waals surface area contributed by atoms with Crippen molar-refractivity contribution in [2.24, 2.45) is 0 Å². The van der Waals surface area contributed by atoms with Crippen molar-refractivity contribution in [3.8, 4) is 0 Å². The number of nitrogens with one attached hydrogen (secondary N) is 2. The van der Waals surface area contributed by atoms with Gasteiger partial charge in [0.15, 0.2) is 0 Å². The van der Waals surface area contributed by atoms with Crippen LogP contribution in [0.3, 0.4) is 0 Å². The molecule has 2 unspecified atom stereocenters. The fourth-order valence-corrected chi connectivity index (χ4v) is 2.20. The lowest BCUT2D eigenvalue weighted by Crippen LogP contribution is -2.34. The van der Waals surface area contributed by atoms with Gasteiger partial charge in [0, 0.05) is 36.1 Å². The van der Waals surface area contributed by atoms with E-state index in [0.29, 0.717) is 5.56 Å². The zero-order valence-corrected chi connectivity index (χ0v) is 11.0. The summed E-state index contributed by atoms with van der Waals surface area (Å²) in [4.78, 5) is 13.9. The van der Waals surface area contributed by atoms with Gasteiger partial charge in [-0.1, -0.05) is 12.1 Å². The summed E-state index contributed by atoms with van der Waals surface area (Å²) in [5.74, 6) is -0.235. The molecule has 2 aromatic rings. The predicted molar refractivity (Wildman–Crippen MR) is 72.7 cm³/mol. The SMILES string of the molecule is CC(=O)NCC(O)C(O)c1c[nH]c2cccc(C)c12. The fourth-order valence-electron chi connectivity index (χ4n) is 2.20. The average Bonchev–Trinajstić information content (AvgIpc) is 2.80. The van der Waals surface area contributed by atoms with Gasteiger partial charge >= 0.3 is 0 Å². The van der Waals surface area contributed by atoms with E-state index in [9.17, 15) is 15.0 Å². The quantitative estimate of drug-likeness (QED) is 0.663. The number of fused-ring (bicyclic) bond motifs is 1. The van der Waals surface area contributed by atoms with Crippen LogP contribution in [0, 0.1) is 6.92 Å². The second kappa shape index (κ2) is 5.42. The summed E-state index contributed by atoms with van der Waals surface area (Å²) < 4.78 is 0. The van der Waals surface area contributed by atoms with Crippen molar-refractivity contribution in [2.75, 3.05) is 6.54 Å². The van der Waals surface area contributed by atoms with E-state index >= 15 is 0 Å². The highest BCUT2D eigenvalue weighted by atomic mass is 16.3. The van der Waals surface area contributed by atoms with Gasteiger partial charge in [-0.05, 0) is 18.6 Å². The van der Waals surface area contributed by atoms with Gasteiger partial charge in [0.2, 0.25) is 5.91 Å². The molecule has 0 fully saturated rings. The van der Waals surface area contributed by atoms with Crippen molar-refractivity contribution in [1.29, 1.82) is 0 Å². The van der Waals surface area contributed by atoms with Crippen LogP contribution in [0.1, 0.15) is 24.2 Å². The van der Waals surface area contributed by atoms with Crippen molar-refractivity contribution in [1.82, 2.24) is 10.3 Å². The lowest BCUT2D eigenvalue weighted by molar-refractivity contribution is -0.119. The van der Waals surface area contributed by atoms with E-state index in [4.69, 9.17) is 0 Å². The minimum Gasteiger partial charge on any atom is -0.388 e. The van der Waals surface area contributed by atoms with Crippen LogP contribution in [-0.2, 0) is 4.79 Å². The highest BCUT2D eigenvalue weighted by molar-refractivity contribution is 5.86. The minimum atomic E-state index is -1.04. The summed E-state index contributed by atoms with van der Waals surface area (Å²) in [5, 5.41) is 23.5. The first-order valence-corrected chi connectivity index (χ1v) is 6.18. The number of amides is 1. The molecule has 0 aliphatic carbocycles. The summed E-state index contributed by atoms with van der Waals surface area (Å²) in [5.41, 5.74) is 2.59. The van der Waals surface area contributed by atoms with Crippen LogP contribution in [-0.4, -0.2) is 33.8 Å². The number of aryl methyl sites for hydroxylation is 1. The molecule has 2 rings (SSSR count). The van der Waals surface area contributed by atoms with Crippen molar-refractivity contribution < 1.29 is 15.0 Å². The molecule has 5 heteroatoms. The van der Waals surface area contributed by atoms with Crippen molar-refractivity contribution in [3.05, 3.63) is 35.5 Å². The zero-order chi connectivity index (χ0) is 14.0. The maximum Gasteiger partial charge on any atom is 0.216 e. The molecule has 4 N–H and O–H groups in total. The lowest BCUT2D eigenvalue weighted by atomic mass is 10.0. The van der Waals surface area contributed by atoms with E-state index < -0.39 is 12.2 Å². The summed E-state index contributed by atoms with van der Waals surface area (Å²) in [6, 6.07) is 5.80. The number of aromatic amines is 1. The van der Waals surface area contributed by atoms with Crippen LogP contribution in [0.25, 0.3) is 10.9 Å². The molecule has 0 aliphatic rings. The van der Waals surface area contributed by atoms with Gasteiger partial charge < -0.3 is 20.5 Å². The zero-order valence-electron chi connectivity index (χ0n) is 11.0. The van der Waals surface area contributed by atoms with E-state index in [1.165, 1.54) is 6.92 Å². The summed E-state index contributed by atoms with van der Waals surface area (Å²) >= 11 is 0. The summed E-state index contributed by atoms with van der Waals surface area (Å²) in [6.45, 7) is 3.34. The van der Waals surface area contributed by atoms with E-state index in [-0.39, 0.29) is 12.5 Å². The number of aliphatic hydroxyl groups is 2. The molecule has 0 saturated heterocycles. The van der Waals surface area contributed by atoms with Gasteiger partial charge in [-0.15, -0.1) is 0 Å². The van der Waals surface area contributed by atoms with Crippen LogP contribution in [0.15, 0.2) is 24.4 Å². The molecule has 1 aromatic carbocycles. The Morgan fingerprint density at radius 3 is 2.84 bits per heavy atom. The number of carbonyl (C=O) groups is 1. The smallest absolute Gasteiger partial charge is 0.216 e. The van der Waals surface area contributed by atoms with Gasteiger partial charge in [0.25, 0.3) is 0 Å². The van der Waals surface area contributed by atoms with Gasteiger partial charge in [-0.25, -0.2) is 0 Å². The first-order chi connectivity index (χ1) is 9.00. The Kier molecular flexibility index (Phi) is 3.87. The maximum absolute atomic E-state index is 10.8. The molecule has 0 bridgehead atoms. The molecule has 0 saturated carbocycles. The molecule has 2 atom stereocenters. The van der Waals surface area contributed by atoms with E-state index in [2.05, 4.69) is 10.3 Å². The van der Waals surface area contributed by atoms with Crippen LogP contribution in [0.2, 0.25) is 0 Å². The Bertz CT molecular complexity index is 591. The van der Waals surface area contributed by atoms with Crippen molar-refractivity contribution >= 4 is 16.8 Å². The number of carbonyl (C=O) groups excluding carboxylic acids is 1. The first kappa shape index (κ1) is 13.6. The van der Waals surface area contributed by atoms with Crippen molar-refractivity contribution in [2.45, 2.75) is 26.1 Å². The van der Waals surface area contributed by atoms with Gasteiger partial charge in [0.1, 0.15) is 12.2 Å². The molecule has 1 aromatic heterocycles. The molecule has 102 valence electrons. The molecule has 5 nitrogen and oxygen atoms in total. The third-order valence-corrected chi connectivity index (χ3v) is 3.19. The Morgan fingerprint density at radius 1 is 1.42 bits per heavy atom. The second-order valence-electron chi connectivity index (χ2n) is 4.69. The highest BCUT2D eigenvalue weighted by Gasteiger charge is 2.22. The molecule has 19 heavy (non-hydrogen) atoms. The predicted octanol–water partition coefficient (Wildman–Crippen LogP) is 1.01. The largest absolute Gasteiger partial charge is 0.388 e. The molecule has 1 amide bonds. The minimum absolute atomic E-state index is 0.0229. The van der Waals surface area contributed by atoms with Crippen LogP contribution < -0.4 is 5.32 Å². The molecule has 0 spiro atoms. The number of aliphatic hydroxyl groups excluding tert-OH is 2. The van der Waals surface area contributed by atoms with Crippen LogP contribution in [0.5, 0.6) is 0 Å². The molecule has 0 aliphatic heterocycles. The monoisotopic (exact) mass is 262 g/mol. The van der Waals surface area contributed by atoms with E-state index in [0.717, 1.165) is 16.5 Å². The number of rotatable bonds is 4. The maximum atomic E-state index is 10.8. The third kappa shape index (κ3) is 2.77. The number of aromatic nitrogens is 1. The lowest BCUT2D eigenvalue weighted by Gasteiger charge is -2.18. The number of hydrogen-bond acceptors (Lipinski definition) is 3. The van der Waals surface area contributed by atoms with Gasteiger partial charge in [-0.3, -0.25) is 4.79 Å². The molecule has 0 radical (unpaired) electrons.